The van der Waals surface area contributed by atoms with E-state index in [0.717, 1.165) is 10.5 Å². The van der Waals surface area contributed by atoms with E-state index in [1.807, 2.05) is 6.20 Å². The maximum Gasteiger partial charge on any atom is 0.233 e. The predicted molar refractivity (Wildman–Crippen MR) is 88.2 cm³/mol. The van der Waals surface area contributed by atoms with Crippen LogP contribution < -0.4 is 0 Å². The highest BCUT2D eigenvalue weighted by atomic mass is 35.5. The lowest BCUT2D eigenvalue weighted by molar-refractivity contribution is -0.141. The molecule has 3 rings (SSSR count). The number of aromatic nitrogens is 2. The fourth-order valence-electron chi connectivity index (χ4n) is 2.98. The molecule has 0 radical (unpaired) electrons. The molecule has 0 aliphatic carbocycles. The first-order valence-electron chi connectivity index (χ1n) is 7.70. The third kappa shape index (κ3) is 3.34. The molecule has 1 saturated heterocycles. The number of aliphatic hydroxyl groups excluding tert-OH is 1. The van der Waals surface area contributed by atoms with Crippen molar-refractivity contribution in [1.29, 1.82) is 0 Å². The molecule has 1 aromatic carbocycles. The molecular formula is C17H18ClN3O3. The third-order valence-corrected chi connectivity index (χ3v) is 4.54. The van der Waals surface area contributed by atoms with Gasteiger partial charge in [0.1, 0.15) is 0 Å². The number of aryl methyl sites for hydroxylation is 1. The van der Waals surface area contributed by atoms with Crippen molar-refractivity contribution in [3.05, 3.63) is 52.8 Å². The minimum atomic E-state index is -0.997. The van der Waals surface area contributed by atoms with Crippen LogP contribution in [0, 0.1) is 5.92 Å². The van der Waals surface area contributed by atoms with Gasteiger partial charge in [-0.2, -0.15) is 5.10 Å². The number of amides is 2. The number of hydrogen-bond donors (Lipinski definition) is 1. The number of hydrogen-bond acceptors (Lipinski definition) is 4. The van der Waals surface area contributed by atoms with Crippen LogP contribution in [0.4, 0.5) is 0 Å². The van der Waals surface area contributed by atoms with E-state index in [9.17, 15) is 14.7 Å². The summed E-state index contributed by atoms with van der Waals surface area (Å²) in [4.78, 5) is 25.8. The largest absolute Gasteiger partial charge is 0.386 e. The van der Waals surface area contributed by atoms with Gasteiger partial charge in [0.05, 0.1) is 24.8 Å². The summed E-state index contributed by atoms with van der Waals surface area (Å²) >= 11 is 6.06. The van der Waals surface area contributed by atoms with E-state index in [1.165, 1.54) is 0 Å². The highest BCUT2D eigenvalue weighted by Gasteiger charge is 2.39. The van der Waals surface area contributed by atoms with Crippen LogP contribution in [0.1, 0.15) is 23.7 Å². The highest BCUT2D eigenvalue weighted by molar-refractivity contribution is 6.31. The zero-order valence-electron chi connectivity index (χ0n) is 13.2. The number of imide groups is 1. The Balaban J connectivity index is 1.69. The van der Waals surface area contributed by atoms with Gasteiger partial charge in [0.25, 0.3) is 0 Å². The van der Waals surface area contributed by atoms with E-state index in [1.54, 1.807) is 42.2 Å². The Bertz CT molecular complexity index is 774. The maximum absolute atomic E-state index is 12.5. The zero-order valence-corrected chi connectivity index (χ0v) is 14.0. The molecule has 0 bridgehead atoms. The molecule has 1 aliphatic rings. The van der Waals surface area contributed by atoms with Gasteiger partial charge >= 0.3 is 0 Å². The number of carbonyl (C=O) groups is 2. The Morgan fingerprint density at radius 2 is 2.12 bits per heavy atom. The molecule has 6 nitrogen and oxygen atoms in total. The van der Waals surface area contributed by atoms with Crippen molar-refractivity contribution < 1.29 is 14.7 Å². The van der Waals surface area contributed by atoms with Crippen LogP contribution in [-0.2, 0) is 23.1 Å². The van der Waals surface area contributed by atoms with Crippen LogP contribution in [0.2, 0.25) is 5.02 Å². The molecule has 7 heteroatoms. The van der Waals surface area contributed by atoms with Crippen molar-refractivity contribution in [2.45, 2.75) is 18.9 Å². The van der Waals surface area contributed by atoms with Gasteiger partial charge < -0.3 is 5.11 Å². The number of β-amino-alcohol motifs (C(OH)–C–C–N with tert-alkyl or cyclic N) is 1. The first kappa shape index (κ1) is 16.7. The van der Waals surface area contributed by atoms with E-state index in [2.05, 4.69) is 5.10 Å². The molecule has 0 spiro atoms. The van der Waals surface area contributed by atoms with Gasteiger partial charge in [-0.1, -0.05) is 29.8 Å². The molecule has 2 unspecified atom stereocenters. The number of benzene rings is 1. The summed E-state index contributed by atoms with van der Waals surface area (Å²) in [6.07, 6.45) is 3.15. The van der Waals surface area contributed by atoms with E-state index in [0.29, 0.717) is 17.0 Å². The molecule has 1 fully saturated rings. The van der Waals surface area contributed by atoms with Gasteiger partial charge in [-0.05, 0) is 18.1 Å². The Morgan fingerprint density at radius 3 is 2.79 bits per heavy atom. The van der Waals surface area contributed by atoms with E-state index in [-0.39, 0.29) is 24.8 Å². The molecular weight excluding hydrogens is 330 g/mol. The quantitative estimate of drug-likeness (QED) is 0.836. The van der Waals surface area contributed by atoms with Crippen molar-refractivity contribution >= 4 is 23.4 Å². The predicted octanol–water partition coefficient (Wildman–Crippen LogP) is 1.72. The molecule has 24 heavy (non-hydrogen) atoms. The number of nitrogens with zero attached hydrogens (tertiary/aromatic N) is 3. The molecule has 2 atom stereocenters. The molecule has 2 amide bonds. The molecule has 2 aromatic rings. The van der Waals surface area contributed by atoms with Crippen LogP contribution in [-0.4, -0.2) is 38.1 Å². The Morgan fingerprint density at radius 1 is 1.38 bits per heavy atom. The second-order valence-corrected chi connectivity index (χ2v) is 6.41. The average molecular weight is 348 g/mol. The van der Waals surface area contributed by atoms with Gasteiger partial charge in [0.2, 0.25) is 11.8 Å². The number of rotatable bonds is 5. The van der Waals surface area contributed by atoms with E-state index >= 15 is 0 Å². The summed E-state index contributed by atoms with van der Waals surface area (Å²) in [6.45, 7) is -0.0784. The zero-order chi connectivity index (χ0) is 17.3. The smallest absolute Gasteiger partial charge is 0.233 e. The maximum atomic E-state index is 12.5. The van der Waals surface area contributed by atoms with Crippen LogP contribution >= 0.6 is 11.6 Å². The fourth-order valence-corrected chi connectivity index (χ4v) is 3.24. The highest BCUT2D eigenvalue weighted by Crippen LogP contribution is 2.28. The van der Waals surface area contributed by atoms with Crippen molar-refractivity contribution in [3.63, 3.8) is 0 Å². The molecule has 2 heterocycles. The van der Waals surface area contributed by atoms with Crippen molar-refractivity contribution in [2.75, 3.05) is 6.54 Å². The summed E-state index contributed by atoms with van der Waals surface area (Å²) in [6, 6.07) is 6.86. The topological polar surface area (TPSA) is 75.4 Å². The Hall–Kier alpha value is -2.18. The van der Waals surface area contributed by atoms with Crippen molar-refractivity contribution in [3.8, 4) is 0 Å². The molecule has 1 aliphatic heterocycles. The molecule has 1 aromatic heterocycles. The summed E-state index contributed by atoms with van der Waals surface area (Å²) in [5.41, 5.74) is 1.42. The molecule has 126 valence electrons. The number of likely N-dealkylation sites (tertiary alicyclic amines) is 1. The van der Waals surface area contributed by atoms with Gasteiger partial charge in [0.15, 0.2) is 0 Å². The fraction of sp³-hybridized carbons (Fsp3) is 0.353. The Kier molecular flexibility index (Phi) is 4.69. The summed E-state index contributed by atoms with van der Waals surface area (Å²) in [5, 5.41) is 14.8. The van der Waals surface area contributed by atoms with E-state index in [4.69, 9.17) is 11.6 Å². The number of carbonyl (C=O) groups excluding carboxylic acids is 2. The lowest BCUT2D eigenvalue weighted by atomic mass is 10.0. The summed E-state index contributed by atoms with van der Waals surface area (Å²) in [5.74, 6) is -0.921. The lowest BCUT2D eigenvalue weighted by Crippen LogP contribution is -2.35. The second-order valence-electron chi connectivity index (χ2n) is 6.01. The first-order chi connectivity index (χ1) is 11.5. The Labute approximate surface area is 144 Å². The summed E-state index contributed by atoms with van der Waals surface area (Å²) < 4.78 is 1.66. The van der Waals surface area contributed by atoms with Gasteiger partial charge in [-0.3, -0.25) is 19.2 Å². The van der Waals surface area contributed by atoms with Crippen molar-refractivity contribution in [1.82, 2.24) is 14.7 Å². The minimum Gasteiger partial charge on any atom is -0.386 e. The average Bonchev–Trinajstić information content (AvgIpc) is 3.06. The van der Waals surface area contributed by atoms with Crippen molar-refractivity contribution in [2.24, 2.45) is 13.0 Å². The number of halogens is 1. The minimum absolute atomic E-state index is 0.0784. The number of aliphatic hydroxyl groups is 1. The van der Waals surface area contributed by atoms with Crippen LogP contribution in [0.5, 0.6) is 0 Å². The SMILES string of the molecule is Cn1cc(CC2CC(=O)N(CC(O)c3ccccc3Cl)C2=O)cn1. The standard InChI is InChI=1S/C17H18ClN3O3/c1-20-9-11(8-19-20)6-12-7-16(23)21(17(12)24)10-15(22)13-4-2-3-5-14(13)18/h2-5,8-9,12,15,22H,6-7,10H2,1H3. The van der Waals surface area contributed by atoms with Gasteiger partial charge in [0, 0.05) is 30.3 Å². The normalized spacial score (nSPS) is 19.1. The van der Waals surface area contributed by atoms with Crippen LogP contribution in [0.15, 0.2) is 36.7 Å². The van der Waals surface area contributed by atoms with E-state index < -0.39 is 12.0 Å². The second kappa shape index (κ2) is 6.75. The van der Waals surface area contributed by atoms with Gasteiger partial charge in [-0.25, -0.2) is 0 Å². The molecule has 0 saturated carbocycles. The van der Waals surface area contributed by atoms with Crippen LogP contribution in [0.25, 0.3) is 0 Å². The monoisotopic (exact) mass is 347 g/mol. The van der Waals surface area contributed by atoms with Gasteiger partial charge in [-0.15, -0.1) is 0 Å². The lowest BCUT2D eigenvalue weighted by Gasteiger charge is -2.20. The summed E-state index contributed by atoms with van der Waals surface area (Å²) in [7, 11) is 1.80. The third-order valence-electron chi connectivity index (χ3n) is 4.20. The first-order valence-corrected chi connectivity index (χ1v) is 8.07. The van der Waals surface area contributed by atoms with Crippen LogP contribution in [0.3, 0.4) is 0 Å². The molecule has 1 N–H and O–H groups in total.